The Balaban J connectivity index is 2.11. The first-order valence-electron chi connectivity index (χ1n) is 6.29. The summed E-state index contributed by atoms with van der Waals surface area (Å²) in [4.78, 5) is 11.6. The molecule has 0 heterocycles. The highest BCUT2D eigenvalue weighted by Crippen LogP contribution is 2.17. The highest BCUT2D eigenvalue weighted by Gasteiger charge is 2.15. The number of carbonyl (C=O) groups is 1. The molecule has 0 aliphatic heterocycles. The Morgan fingerprint density at radius 3 is 2.40 bits per heavy atom. The predicted octanol–water partition coefficient (Wildman–Crippen LogP) is 1.82. The van der Waals surface area contributed by atoms with Crippen molar-refractivity contribution < 1.29 is 4.79 Å². The lowest BCUT2D eigenvalue weighted by atomic mass is 10.2. The van der Waals surface area contributed by atoms with E-state index in [1.54, 1.807) is 0 Å². The van der Waals surface area contributed by atoms with Crippen LogP contribution in [0.2, 0.25) is 0 Å². The summed E-state index contributed by atoms with van der Waals surface area (Å²) in [5.74, 6) is 0.149. The SMILES string of the molecule is CCC(CC)NC(=O)CNC1CCCC1. The topological polar surface area (TPSA) is 41.1 Å². The van der Waals surface area contributed by atoms with Crippen molar-refractivity contribution in [2.75, 3.05) is 6.54 Å². The number of carbonyl (C=O) groups excluding carboxylic acids is 1. The van der Waals surface area contributed by atoms with Crippen LogP contribution in [0.4, 0.5) is 0 Å². The maximum Gasteiger partial charge on any atom is 0.234 e. The third-order valence-corrected chi connectivity index (χ3v) is 3.26. The van der Waals surface area contributed by atoms with Crippen LogP contribution in [0.3, 0.4) is 0 Å². The molecule has 1 rings (SSSR count). The average Bonchev–Trinajstić information content (AvgIpc) is 2.75. The number of rotatable bonds is 6. The van der Waals surface area contributed by atoms with Gasteiger partial charge in [0.05, 0.1) is 6.54 Å². The third kappa shape index (κ3) is 4.65. The summed E-state index contributed by atoms with van der Waals surface area (Å²) >= 11 is 0. The summed E-state index contributed by atoms with van der Waals surface area (Å²) in [5.41, 5.74) is 0. The average molecular weight is 212 g/mol. The van der Waals surface area contributed by atoms with Gasteiger partial charge in [0.1, 0.15) is 0 Å². The molecular weight excluding hydrogens is 188 g/mol. The Morgan fingerprint density at radius 1 is 1.27 bits per heavy atom. The van der Waals surface area contributed by atoms with E-state index < -0.39 is 0 Å². The standard InChI is InChI=1S/C12H24N2O/c1-3-10(4-2)14-12(15)9-13-11-7-5-6-8-11/h10-11,13H,3-9H2,1-2H3,(H,14,15). The van der Waals surface area contributed by atoms with Crippen molar-refractivity contribution in [2.24, 2.45) is 0 Å². The fourth-order valence-corrected chi connectivity index (χ4v) is 2.14. The second-order valence-electron chi connectivity index (χ2n) is 4.44. The fraction of sp³-hybridized carbons (Fsp3) is 0.917. The smallest absolute Gasteiger partial charge is 0.234 e. The molecule has 1 aliphatic carbocycles. The van der Waals surface area contributed by atoms with Gasteiger partial charge in [-0.25, -0.2) is 0 Å². The van der Waals surface area contributed by atoms with Crippen molar-refractivity contribution >= 4 is 5.91 Å². The van der Waals surface area contributed by atoms with Crippen LogP contribution in [-0.2, 0) is 4.79 Å². The first kappa shape index (κ1) is 12.5. The van der Waals surface area contributed by atoms with Crippen molar-refractivity contribution in [1.82, 2.24) is 10.6 Å². The van der Waals surface area contributed by atoms with E-state index in [1.807, 2.05) is 0 Å². The van der Waals surface area contributed by atoms with Gasteiger partial charge in [-0.2, -0.15) is 0 Å². The molecule has 0 saturated heterocycles. The van der Waals surface area contributed by atoms with Crippen molar-refractivity contribution in [3.63, 3.8) is 0 Å². The Bertz CT molecular complexity index is 184. The second-order valence-corrected chi connectivity index (χ2v) is 4.44. The Morgan fingerprint density at radius 2 is 1.87 bits per heavy atom. The normalized spacial score (nSPS) is 17.3. The van der Waals surface area contributed by atoms with Gasteiger partial charge in [-0.1, -0.05) is 26.7 Å². The highest BCUT2D eigenvalue weighted by atomic mass is 16.1. The molecule has 0 bridgehead atoms. The molecule has 88 valence electrons. The lowest BCUT2D eigenvalue weighted by molar-refractivity contribution is -0.121. The van der Waals surface area contributed by atoms with Crippen molar-refractivity contribution in [3.05, 3.63) is 0 Å². The van der Waals surface area contributed by atoms with Crippen LogP contribution in [0.5, 0.6) is 0 Å². The zero-order chi connectivity index (χ0) is 11.1. The van der Waals surface area contributed by atoms with E-state index in [-0.39, 0.29) is 5.91 Å². The second kappa shape index (κ2) is 6.83. The van der Waals surface area contributed by atoms with E-state index >= 15 is 0 Å². The van der Waals surface area contributed by atoms with E-state index in [9.17, 15) is 4.79 Å². The number of hydrogen-bond acceptors (Lipinski definition) is 2. The fourth-order valence-electron chi connectivity index (χ4n) is 2.14. The summed E-state index contributed by atoms with van der Waals surface area (Å²) in [6.07, 6.45) is 7.13. The molecule has 0 spiro atoms. The van der Waals surface area contributed by atoms with Gasteiger partial charge in [0, 0.05) is 12.1 Å². The molecule has 0 aromatic rings. The van der Waals surface area contributed by atoms with Crippen molar-refractivity contribution in [2.45, 2.75) is 64.5 Å². The van der Waals surface area contributed by atoms with E-state index in [4.69, 9.17) is 0 Å². The van der Waals surface area contributed by atoms with Gasteiger partial charge in [-0.3, -0.25) is 4.79 Å². The summed E-state index contributed by atoms with van der Waals surface area (Å²) < 4.78 is 0. The molecule has 1 aliphatic rings. The summed E-state index contributed by atoms with van der Waals surface area (Å²) in [6.45, 7) is 4.71. The van der Waals surface area contributed by atoms with Gasteiger partial charge in [0.25, 0.3) is 0 Å². The molecule has 0 aromatic carbocycles. The Hall–Kier alpha value is -0.570. The van der Waals surface area contributed by atoms with Gasteiger partial charge >= 0.3 is 0 Å². The van der Waals surface area contributed by atoms with Crippen molar-refractivity contribution in [3.8, 4) is 0 Å². The minimum absolute atomic E-state index is 0.149. The highest BCUT2D eigenvalue weighted by molar-refractivity contribution is 5.78. The summed E-state index contributed by atoms with van der Waals surface area (Å²) in [7, 11) is 0. The third-order valence-electron chi connectivity index (χ3n) is 3.26. The van der Waals surface area contributed by atoms with Gasteiger partial charge in [-0.15, -0.1) is 0 Å². The van der Waals surface area contributed by atoms with Gasteiger partial charge in [0.2, 0.25) is 5.91 Å². The van der Waals surface area contributed by atoms with Gasteiger partial charge in [0.15, 0.2) is 0 Å². The van der Waals surface area contributed by atoms with Crippen LogP contribution < -0.4 is 10.6 Å². The number of hydrogen-bond donors (Lipinski definition) is 2. The van der Waals surface area contributed by atoms with Crippen LogP contribution in [0.25, 0.3) is 0 Å². The molecule has 2 N–H and O–H groups in total. The van der Waals surface area contributed by atoms with Crippen LogP contribution >= 0.6 is 0 Å². The first-order chi connectivity index (χ1) is 7.26. The Labute approximate surface area is 93.0 Å². The molecule has 15 heavy (non-hydrogen) atoms. The predicted molar refractivity (Wildman–Crippen MR) is 62.8 cm³/mol. The monoisotopic (exact) mass is 212 g/mol. The minimum Gasteiger partial charge on any atom is -0.352 e. The summed E-state index contributed by atoms with van der Waals surface area (Å²) in [6, 6.07) is 0.931. The number of nitrogens with one attached hydrogen (secondary N) is 2. The van der Waals surface area contributed by atoms with Crippen LogP contribution in [-0.4, -0.2) is 24.5 Å². The quantitative estimate of drug-likeness (QED) is 0.705. The maximum atomic E-state index is 11.6. The zero-order valence-corrected chi connectivity index (χ0v) is 10.0. The summed E-state index contributed by atoms with van der Waals surface area (Å²) in [5, 5.41) is 6.36. The van der Waals surface area contributed by atoms with E-state index in [1.165, 1.54) is 25.7 Å². The van der Waals surface area contributed by atoms with E-state index in [0.717, 1.165) is 12.8 Å². The molecule has 3 nitrogen and oxygen atoms in total. The minimum atomic E-state index is 0.149. The lowest BCUT2D eigenvalue weighted by Crippen LogP contribution is -2.42. The lowest BCUT2D eigenvalue weighted by Gasteiger charge is -2.16. The van der Waals surface area contributed by atoms with Crippen molar-refractivity contribution in [1.29, 1.82) is 0 Å². The molecule has 1 amide bonds. The van der Waals surface area contributed by atoms with Crippen LogP contribution in [0, 0.1) is 0 Å². The van der Waals surface area contributed by atoms with E-state index in [2.05, 4.69) is 24.5 Å². The van der Waals surface area contributed by atoms with Crippen LogP contribution in [0.1, 0.15) is 52.4 Å². The molecular formula is C12H24N2O. The Kier molecular flexibility index (Phi) is 5.69. The largest absolute Gasteiger partial charge is 0.352 e. The molecule has 0 aromatic heterocycles. The molecule has 0 unspecified atom stereocenters. The maximum absolute atomic E-state index is 11.6. The first-order valence-corrected chi connectivity index (χ1v) is 6.29. The van der Waals surface area contributed by atoms with E-state index in [0.29, 0.717) is 18.6 Å². The molecule has 1 saturated carbocycles. The molecule has 0 radical (unpaired) electrons. The number of amides is 1. The van der Waals surface area contributed by atoms with Crippen LogP contribution in [0.15, 0.2) is 0 Å². The van der Waals surface area contributed by atoms with Gasteiger partial charge < -0.3 is 10.6 Å². The molecule has 1 fully saturated rings. The van der Waals surface area contributed by atoms with Gasteiger partial charge in [-0.05, 0) is 25.7 Å². The molecule has 3 heteroatoms. The molecule has 0 atom stereocenters. The zero-order valence-electron chi connectivity index (χ0n) is 10.0.